The van der Waals surface area contributed by atoms with E-state index in [1.54, 1.807) is 12.4 Å². The lowest BCUT2D eigenvalue weighted by Gasteiger charge is -2.36. The van der Waals surface area contributed by atoms with E-state index in [1.165, 1.54) is 6.42 Å². The summed E-state index contributed by atoms with van der Waals surface area (Å²) in [7, 11) is -1.82. The van der Waals surface area contributed by atoms with E-state index in [2.05, 4.69) is 44.9 Å². The standard InChI is InChI=1S/C21H36Cl2N2O2Si/c1-6-28(7-2,8-3)27-19(20-17(22)12-25-13-18(20)23)14-24-11-16-9-10-21(4,5)26-15-16/h12-13,16,19,24H,6-11,14-15H2,1-5H3. The van der Waals surface area contributed by atoms with Crippen LogP contribution in [-0.4, -0.2) is 38.6 Å². The quantitative estimate of drug-likeness (QED) is 0.431. The smallest absolute Gasteiger partial charge is 0.192 e. The Morgan fingerprint density at radius 2 is 1.82 bits per heavy atom. The summed E-state index contributed by atoms with van der Waals surface area (Å²) in [5.74, 6) is 0.530. The van der Waals surface area contributed by atoms with E-state index in [1.807, 2.05) is 0 Å². The minimum atomic E-state index is -1.82. The number of halogens is 2. The maximum absolute atomic E-state index is 6.80. The van der Waals surface area contributed by atoms with Crippen LogP contribution in [0.5, 0.6) is 0 Å². The predicted molar refractivity (Wildman–Crippen MR) is 121 cm³/mol. The fourth-order valence-corrected chi connectivity index (χ4v) is 7.28. The molecule has 1 aliphatic heterocycles. The Bertz CT molecular complexity index is 588. The van der Waals surface area contributed by atoms with Gasteiger partial charge in [-0.05, 0) is 50.7 Å². The number of nitrogens with zero attached hydrogens (tertiary/aromatic N) is 1. The summed E-state index contributed by atoms with van der Waals surface area (Å²) in [5.41, 5.74) is 0.869. The second-order valence-electron chi connectivity index (χ2n) is 8.50. The number of hydrogen-bond acceptors (Lipinski definition) is 4. The van der Waals surface area contributed by atoms with Gasteiger partial charge in [0.25, 0.3) is 0 Å². The lowest BCUT2D eigenvalue weighted by atomic mass is 9.91. The first-order valence-electron chi connectivity index (χ1n) is 10.6. The van der Waals surface area contributed by atoms with Gasteiger partial charge in [-0.1, -0.05) is 44.0 Å². The molecule has 0 aromatic carbocycles. The van der Waals surface area contributed by atoms with E-state index in [-0.39, 0.29) is 11.7 Å². The maximum atomic E-state index is 6.80. The molecule has 0 saturated carbocycles. The van der Waals surface area contributed by atoms with Crippen LogP contribution in [-0.2, 0) is 9.16 Å². The first-order chi connectivity index (χ1) is 13.3. The van der Waals surface area contributed by atoms with Crippen molar-refractivity contribution in [3.63, 3.8) is 0 Å². The zero-order valence-electron chi connectivity index (χ0n) is 18.0. The van der Waals surface area contributed by atoms with E-state index in [0.717, 1.165) is 43.3 Å². The normalized spacial score (nSPS) is 20.9. The lowest BCUT2D eigenvalue weighted by molar-refractivity contribution is -0.0760. The average molecular weight is 448 g/mol. The van der Waals surface area contributed by atoms with Gasteiger partial charge in [-0.15, -0.1) is 0 Å². The van der Waals surface area contributed by atoms with Gasteiger partial charge >= 0.3 is 0 Å². The van der Waals surface area contributed by atoms with Crippen molar-refractivity contribution in [2.45, 2.75) is 77.3 Å². The third kappa shape index (κ3) is 6.41. The molecule has 2 rings (SSSR count). The van der Waals surface area contributed by atoms with Crippen LogP contribution in [0, 0.1) is 5.92 Å². The topological polar surface area (TPSA) is 43.4 Å². The van der Waals surface area contributed by atoms with E-state index in [9.17, 15) is 0 Å². The maximum Gasteiger partial charge on any atom is 0.192 e. The van der Waals surface area contributed by atoms with Crippen LogP contribution in [0.4, 0.5) is 0 Å². The van der Waals surface area contributed by atoms with Crippen molar-refractivity contribution in [2.75, 3.05) is 19.7 Å². The molecular weight excluding hydrogens is 411 g/mol. The van der Waals surface area contributed by atoms with Gasteiger partial charge in [0, 0.05) is 31.0 Å². The molecule has 2 atom stereocenters. The Hall–Kier alpha value is -0.173. The zero-order valence-corrected chi connectivity index (χ0v) is 20.5. The van der Waals surface area contributed by atoms with E-state index < -0.39 is 8.32 Å². The number of ether oxygens (including phenoxy) is 1. The Balaban J connectivity index is 2.08. The average Bonchev–Trinajstić information content (AvgIpc) is 2.67. The highest BCUT2D eigenvalue weighted by Gasteiger charge is 2.34. The summed E-state index contributed by atoms with van der Waals surface area (Å²) >= 11 is 13.0. The Kier molecular flexibility index (Phi) is 9.24. The summed E-state index contributed by atoms with van der Waals surface area (Å²) in [5, 5.41) is 4.76. The number of rotatable bonds is 10. The summed E-state index contributed by atoms with van der Waals surface area (Å²) in [6.07, 6.45) is 5.43. The summed E-state index contributed by atoms with van der Waals surface area (Å²) in [6.45, 7) is 13.5. The van der Waals surface area contributed by atoms with Gasteiger partial charge in [-0.2, -0.15) is 0 Å². The van der Waals surface area contributed by atoms with Crippen LogP contribution in [0.3, 0.4) is 0 Å². The highest BCUT2D eigenvalue weighted by atomic mass is 35.5. The molecule has 1 aliphatic rings. The van der Waals surface area contributed by atoms with Gasteiger partial charge in [0.15, 0.2) is 8.32 Å². The molecule has 1 aromatic rings. The largest absolute Gasteiger partial charge is 0.409 e. The molecule has 1 aromatic heterocycles. The SMILES string of the molecule is CC[Si](CC)(CC)OC(CNCC1CCC(C)(C)OC1)c1c(Cl)cncc1Cl. The van der Waals surface area contributed by atoms with E-state index >= 15 is 0 Å². The van der Waals surface area contributed by atoms with Crippen LogP contribution >= 0.6 is 23.2 Å². The minimum Gasteiger partial charge on any atom is -0.409 e. The van der Waals surface area contributed by atoms with Crippen molar-refractivity contribution >= 4 is 31.5 Å². The van der Waals surface area contributed by atoms with Crippen LogP contribution in [0.1, 0.15) is 59.1 Å². The molecule has 7 heteroatoms. The second kappa shape index (κ2) is 10.7. The second-order valence-corrected chi connectivity index (χ2v) is 14.0. The molecule has 160 valence electrons. The van der Waals surface area contributed by atoms with Gasteiger partial charge in [0.1, 0.15) is 0 Å². The van der Waals surface area contributed by atoms with E-state index in [4.69, 9.17) is 32.4 Å². The number of pyridine rings is 1. The predicted octanol–water partition coefficient (Wildman–Crippen LogP) is 6.25. The molecule has 0 amide bonds. The first-order valence-corrected chi connectivity index (χ1v) is 13.9. The summed E-state index contributed by atoms with van der Waals surface area (Å²) in [6, 6.07) is 3.26. The van der Waals surface area contributed by atoms with Gasteiger partial charge in [-0.3, -0.25) is 4.98 Å². The Labute approximate surface area is 181 Å². The summed E-state index contributed by atoms with van der Waals surface area (Å²) in [4.78, 5) is 4.11. The monoisotopic (exact) mass is 446 g/mol. The molecule has 1 saturated heterocycles. The molecule has 4 nitrogen and oxygen atoms in total. The Morgan fingerprint density at radius 1 is 1.21 bits per heavy atom. The molecule has 0 aliphatic carbocycles. The van der Waals surface area contributed by atoms with Crippen molar-refractivity contribution < 1.29 is 9.16 Å². The van der Waals surface area contributed by atoms with Crippen molar-refractivity contribution in [1.29, 1.82) is 0 Å². The third-order valence-corrected chi connectivity index (χ3v) is 11.4. The molecule has 2 heterocycles. The molecular formula is C21H36Cl2N2O2Si. The molecule has 1 fully saturated rings. The number of hydrogen-bond donors (Lipinski definition) is 1. The highest BCUT2D eigenvalue weighted by molar-refractivity contribution is 6.73. The van der Waals surface area contributed by atoms with Gasteiger partial charge in [0.2, 0.25) is 0 Å². The molecule has 0 bridgehead atoms. The van der Waals surface area contributed by atoms with Crippen molar-refractivity contribution in [3.05, 3.63) is 28.0 Å². The van der Waals surface area contributed by atoms with Crippen LogP contribution in [0.2, 0.25) is 28.2 Å². The lowest BCUT2D eigenvalue weighted by Crippen LogP contribution is -2.42. The van der Waals surface area contributed by atoms with Crippen LogP contribution < -0.4 is 5.32 Å². The molecule has 1 N–H and O–H groups in total. The van der Waals surface area contributed by atoms with Gasteiger partial charge in [-0.25, -0.2) is 0 Å². The highest BCUT2D eigenvalue weighted by Crippen LogP contribution is 2.36. The number of aromatic nitrogens is 1. The Morgan fingerprint density at radius 3 is 2.32 bits per heavy atom. The van der Waals surface area contributed by atoms with Crippen molar-refractivity contribution in [1.82, 2.24) is 10.3 Å². The van der Waals surface area contributed by atoms with E-state index in [0.29, 0.717) is 22.5 Å². The van der Waals surface area contributed by atoms with Crippen molar-refractivity contribution in [3.8, 4) is 0 Å². The molecule has 0 spiro atoms. The van der Waals surface area contributed by atoms with Crippen molar-refractivity contribution in [2.24, 2.45) is 5.92 Å². The zero-order chi connectivity index (χ0) is 20.8. The van der Waals surface area contributed by atoms with Crippen LogP contribution in [0.15, 0.2) is 12.4 Å². The minimum absolute atomic E-state index is 0.00875. The van der Waals surface area contributed by atoms with Gasteiger partial charge < -0.3 is 14.5 Å². The summed E-state index contributed by atoms with van der Waals surface area (Å²) < 4.78 is 12.8. The molecule has 0 radical (unpaired) electrons. The molecule has 2 unspecified atom stereocenters. The van der Waals surface area contributed by atoms with Gasteiger partial charge in [0.05, 0.1) is 28.4 Å². The third-order valence-electron chi connectivity index (χ3n) is 6.16. The fourth-order valence-electron chi connectivity index (χ4n) is 3.86. The van der Waals surface area contributed by atoms with Crippen LogP contribution in [0.25, 0.3) is 0 Å². The fraction of sp³-hybridized carbons (Fsp3) is 0.762. The number of nitrogens with one attached hydrogen (secondary N) is 1. The molecule has 28 heavy (non-hydrogen) atoms. The first kappa shape index (κ1) is 24.1.